The van der Waals surface area contributed by atoms with E-state index < -0.39 is 0 Å². The van der Waals surface area contributed by atoms with Crippen LogP contribution >= 0.6 is 0 Å². The molecule has 0 saturated heterocycles. The first kappa shape index (κ1) is 19.5. The van der Waals surface area contributed by atoms with Crippen LogP contribution in [-0.2, 0) is 9.47 Å². The molecule has 2 heterocycles. The van der Waals surface area contributed by atoms with E-state index in [2.05, 4.69) is 37.3 Å². The maximum atomic E-state index is 5.47. The largest absolute Gasteiger partial charge is 0.458 e. The number of aliphatic imine (C=N–C) groups is 2. The van der Waals surface area contributed by atoms with E-state index in [1.807, 2.05) is 12.2 Å². The van der Waals surface area contributed by atoms with Crippen molar-refractivity contribution in [3.05, 3.63) is 23.7 Å². The number of hydrogen-bond acceptors (Lipinski definition) is 4. The van der Waals surface area contributed by atoms with Gasteiger partial charge >= 0.3 is 0 Å². The smallest absolute Gasteiger partial charge is 0.230 e. The summed E-state index contributed by atoms with van der Waals surface area (Å²) in [6.07, 6.45) is 14.0. The van der Waals surface area contributed by atoms with Gasteiger partial charge in [0.1, 0.15) is 5.76 Å². The van der Waals surface area contributed by atoms with Crippen LogP contribution in [0.3, 0.4) is 0 Å². The monoisotopic (exact) mass is 347 g/mol. The minimum Gasteiger partial charge on any atom is -0.458 e. The van der Waals surface area contributed by atoms with E-state index in [0.717, 1.165) is 24.5 Å². The van der Waals surface area contributed by atoms with Gasteiger partial charge in [-0.15, -0.1) is 0 Å². The SMILES string of the molecule is CCC1CCCCC=NC1CNC=NC/C=C\C1=C(C(C)C)OCO1. The van der Waals surface area contributed by atoms with Crippen LogP contribution in [0.1, 0.15) is 52.9 Å². The van der Waals surface area contributed by atoms with Crippen molar-refractivity contribution >= 4 is 12.6 Å². The Kier molecular flexibility index (Phi) is 8.56. The number of nitrogens with zero attached hydrogens (tertiary/aromatic N) is 2. The molecule has 2 rings (SSSR count). The molecule has 0 aliphatic carbocycles. The molecule has 2 aliphatic heterocycles. The van der Waals surface area contributed by atoms with Gasteiger partial charge in [-0.1, -0.05) is 39.7 Å². The van der Waals surface area contributed by atoms with Gasteiger partial charge in [-0.3, -0.25) is 9.98 Å². The molecule has 0 fully saturated rings. The number of rotatable bonds is 8. The van der Waals surface area contributed by atoms with E-state index in [-0.39, 0.29) is 0 Å². The first-order valence-corrected chi connectivity index (χ1v) is 9.62. The summed E-state index contributed by atoms with van der Waals surface area (Å²) in [4.78, 5) is 9.13. The molecule has 0 bridgehead atoms. The van der Waals surface area contributed by atoms with Crippen LogP contribution in [0, 0.1) is 11.8 Å². The highest BCUT2D eigenvalue weighted by Crippen LogP contribution is 2.24. The van der Waals surface area contributed by atoms with Crippen molar-refractivity contribution in [3.63, 3.8) is 0 Å². The van der Waals surface area contributed by atoms with Crippen LogP contribution in [0.5, 0.6) is 0 Å². The zero-order valence-corrected chi connectivity index (χ0v) is 15.9. The van der Waals surface area contributed by atoms with E-state index in [1.54, 1.807) is 6.34 Å². The molecule has 0 spiro atoms. The second-order valence-electron chi connectivity index (χ2n) is 6.95. The molecule has 2 aliphatic rings. The number of ether oxygens (including phenoxy) is 2. The summed E-state index contributed by atoms with van der Waals surface area (Å²) in [5, 5.41) is 3.32. The number of nitrogens with one attached hydrogen (secondary N) is 1. The van der Waals surface area contributed by atoms with Crippen molar-refractivity contribution in [1.29, 1.82) is 0 Å². The molecule has 0 radical (unpaired) electrons. The molecule has 0 aromatic carbocycles. The molecule has 140 valence electrons. The molecule has 1 N–H and O–H groups in total. The van der Waals surface area contributed by atoms with Gasteiger partial charge in [0, 0.05) is 12.5 Å². The zero-order valence-electron chi connectivity index (χ0n) is 15.9. The van der Waals surface area contributed by atoms with E-state index in [1.165, 1.54) is 25.7 Å². The van der Waals surface area contributed by atoms with Crippen molar-refractivity contribution in [2.24, 2.45) is 21.8 Å². The van der Waals surface area contributed by atoms with Gasteiger partial charge in [0.05, 0.1) is 18.9 Å². The standard InChI is InChI=1S/C20H33N3O2/c1-4-17-9-6-5-7-12-23-18(17)13-22-14-21-11-8-10-19-20(16(2)3)25-15-24-19/h8,10,12,14,16-18H,4-7,9,11,13,15H2,1-3H3,(H,21,22)/b10-8-,23-12?. The summed E-state index contributed by atoms with van der Waals surface area (Å²) in [5.74, 6) is 2.76. The molecular weight excluding hydrogens is 314 g/mol. The summed E-state index contributed by atoms with van der Waals surface area (Å²) in [6, 6.07) is 0.370. The van der Waals surface area contributed by atoms with Crippen molar-refractivity contribution in [1.82, 2.24) is 5.32 Å². The van der Waals surface area contributed by atoms with Gasteiger partial charge < -0.3 is 14.8 Å². The Labute approximate surface area is 152 Å². The molecular formula is C20H33N3O2. The fourth-order valence-corrected chi connectivity index (χ4v) is 3.25. The van der Waals surface area contributed by atoms with Gasteiger partial charge in [-0.2, -0.15) is 0 Å². The Morgan fingerprint density at radius 2 is 2.24 bits per heavy atom. The average Bonchev–Trinajstić information content (AvgIpc) is 3.04. The zero-order chi connectivity index (χ0) is 17.9. The Bertz CT molecular complexity index is 509. The highest BCUT2D eigenvalue weighted by atomic mass is 16.7. The van der Waals surface area contributed by atoms with Crippen molar-refractivity contribution in [3.8, 4) is 0 Å². The second kappa shape index (κ2) is 11.0. The lowest BCUT2D eigenvalue weighted by Gasteiger charge is -2.24. The van der Waals surface area contributed by atoms with E-state index in [9.17, 15) is 0 Å². The maximum absolute atomic E-state index is 5.47. The molecule has 5 heteroatoms. The minimum absolute atomic E-state index is 0.318. The Balaban J connectivity index is 1.73. The minimum atomic E-state index is 0.318. The van der Waals surface area contributed by atoms with Crippen LogP contribution in [0.25, 0.3) is 0 Å². The summed E-state index contributed by atoms with van der Waals surface area (Å²) in [7, 11) is 0. The Hall–Kier alpha value is -1.78. The molecule has 0 aromatic rings. The highest BCUT2D eigenvalue weighted by Gasteiger charge is 2.19. The second-order valence-corrected chi connectivity index (χ2v) is 6.95. The fourth-order valence-electron chi connectivity index (χ4n) is 3.25. The van der Waals surface area contributed by atoms with E-state index >= 15 is 0 Å². The topological polar surface area (TPSA) is 55.2 Å². The first-order chi connectivity index (χ1) is 12.2. The van der Waals surface area contributed by atoms with Gasteiger partial charge in [0.15, 0.2) is 5.76 Å². The quantitative estimate of drug-likeness (QED) is 0.532. The highest BCUT2D eigenvalue weighted by molar-refractivity contribution is 5.58. The summed E-state index contributed by atoms with van der Waals surface area (Å²) < 4.78 is 10.9. The van der Waals surface area contributed by atoms with Crippen LogP contribution in [0.15, 0.2) is 33.7 Å². The van der Waals surface area contributed by atoms with Crippen LogP contribution in [-0.4, -0.2) is 38.5 Å². The first-order valence-electron chi connectivity index (χ1n) is 9.62. The van der Waals surface area contributed by atoms with Gasteiger partial charge in [-0.25, -0.2) is 0 Å². The summed E-state index contributed by atoms with van der Waals surface area (Å²) in [6.45, 7) is 8.27. The lowest BCUT2D eigenvalue weighted by atomic mass is 9.90. The number of hydrogen-bond donors (Lipinski definition) is 1. The summed E-state index contributed by atoms with van der Waals surface area (Å²) in [5.41, 5.74) is 0. The lowest BCUT2D eigenvalue weighted by molar-refractivity contribution is 0.0675. The molecule has 25 heavy (non-hydrogen) atoms. The normalized spacial score (nSPS) is 24.6. The molecule has 0 amide bonds. The average molecular weight is 348 g/mol. The maximum Gasteiger partial charge on any atom is 0.230 e. The molecule has 0 aromatic heterocycles. The van der Waals surface area contributed by atoms with Crippen molar-refractivity contribution in [2.75, 3.05) is 19.9 Å². The molecule has 5 nitrogen and oxygen atoms in total. The third-order valence-corrected chi connectivity index (χ3v) is 4.71. The molecule has 2 atom stereocenters. The lowest BCUT2D eigenvalue weighted by Crippen LogP contribution is -2.31. The van der Waals surface area contributed by atoms with Crippen LogP contribution in [0.4, 0.5) is 0 Å². The van der Waals surface area contributed by atoms with Crippen molar-refractivity contribution in [2.45, 2.75) is 58.9 Å². The predicted octanol–water partition coefficient (Wildman–Crippen LogP) is 4.07. The van der Waals surface area contributed by atoms with Crippen LogP contribution in [0.2, 0.25) is 0 Å². The molecule has 0 saturated carbocycles. The predicted molar refractivity (Wildman–Crippen MR) is 104 cm³/mol. The van der Waals surface area contributed by atoms with Gasteiger partial charge in [0.25, 0.3) is 0 Å². The third kappa shape index (κ3) is 6.56. The summed E-state index contributed by atoms with van der Waals surface area (Å²) >= 11 is 0. The molecule has 2 unspecified atom stereocenters. The van der Waals surface area contributed by atoms with Crippen LogP contribution < -0.4 is 5.32 Å². The van der Waals surface area contributed by atoms with Crippen molar-refractivity contribution < 1.29 is 9.47 Å². The van der Waals surface area contributed by atoms with Gasteiger partial charge in [-0.05, 0) is 37.5 Å². The fraction of sp³-hybridized carbons (Fsp3) is 0.700. The van der Waals surface area contributed by atoms with Gasteiger partial charge in [0.2, 0.25) is 6.79 Å². The van der Waals surface area contributed by atoms with E-state index in [0.29, 0.717) is 31.2 Å². The van der Waals surface area contributed by atoms with E-state index in [4.69, 9.17) is 14.5 Å². The Morgan fingerprint density at radius 3 is 3.04 bits per heavy atom. The number of allylic oxidation sites excluding steroid dienone is 2. The Morgan fingerprint density at radius 1 is 1.36 bits per heavy atom. The third-order valence-electron chi connectivity index (χ3n) is 4.71.